The third-order valence-electron chi connectivity index (χ3n) is 4.97. The van der Waals surface area contributed by atoms with Crippen molar-refractivity contribution in [3.8, 4) is 11.3 Å². The van der Waals surface area contributed by atoms with Crippen LogP contribution in [0.5, 0.6) is 0 Å². The second-order valence-electron chi connectivity index (χ2n) is 7.60. The molecule has 0 saturated heterocycles. The van der Waals surface area contributed by atoms with E-state index in [0.29, 0.717) is 22.0 Å². The van der Waals surface area contributed by atoms with E-state index < -0.39 is 5.97 Å². The van der Waals surface area contributed by atoms with Gasteiger partial charge in [-0.3, -0.25) is 9.78 Å². The molecule has 0 radical (unpaired) electrons. The molecule has 0 aliphatic heterocycles. The van der Waals surface area contributed by atoms with Crippen molar-refractivity contribution in [2.45, 2.75) is 26.9 Å². The number of carbonyl (C=O) groups is 2. The zero-order valence-corrected chi connectivity index (χ0v) is 19.2. The Morgan fingerprint density at radius 1 is 0.939 bits per heavy atom. The van der Waals surface area contributed by atoms with Gasteiger partial charge in [0.2, 0.25) is 5.91 Å². The first kappa shape index (κ1) is 22.4. The number of pyridine rings is 1. The number of hydrogen-bond acceptors (Lipinski definition) is 6. The van der Waals surface area contributed by atoms with Crippen LogP contribution in [0.4, 0.5) is 5.69 Å². The summed E-state index contributed by atoms with van der Waals surface area (Å²) in [5, 5.41) is 5.32. The Morgan fingerprint density at radius 2 is 1.70 bits per heavy atom. The number of carbonyl (C=O) groups excluding carboxylic acids is 2. The summed E-state index contributed by atoms with van der Waals surface area (Å²) in [6.07, 6.45) is 0.163. The summed E-state index contributed by atoms with van der Waals surface area (Å²) in [7, 11) is 0. The van der Waals surface area contributed by atoms with Crippen LogP contribution >= 0.6 is 11.3 Å². The summed E-state index contributed by atoms with van der Waals surface area (Å²) in [5.41, 5.74) is 5.30. The molecule has 0 atom stereocenters. The molecular weight excluding hydrogens is 434 g/mol. The fourth-order valence-electron chi connectivity index (χ4n) is 3.24. The highest BCUT2D eigenvalue weighted by Gasteiger charge is 2.15. The van der Waals surface area contributed by atoms with Crippen molar-refractivity contribution in [1.82, 2.24) is 9.97 Å². The van der Waals surface area contributed by atoms with Gasteiger partial charge in [-0.05, 0) is 38.1 Å². The number of anilines is 1. The molecule has 7 heteroatoms. The molecule has 0 spiro atoms. The Balaban J connectivity index is 1.32. The van der Waals surface area contributed by atoms with Gasteiger partial charge >= 0.3 is 5.97 Å². The van der Waals surface area contributed by atoms with Crippen LogP contribution in [0, 0.1) is 13.8 Å². The molecule has 0 bridgehead atoms. The second-order valence-corrected chi connectivity index (χ2v) is 8.54. The minimum absolute atomic E-state index is 0.0365. The number of amides is 1. The minimum atomic E-state index is -0.453. The van der Waals surface area contributed by atoms with Crippen molar-refractivity contribution in [1.29, 1.82) is 0 Å². The number of benzene rings is 2. The zero-order chi connectivity index (χ0) is 23.2. The van der Waals surface area contributed by atoms with Crippen molar-refractivity contribution in [2.24, 2.45) is 0 Å². The van der Waals surface area contributed by atoms with E-state index in [4.69, 9.17) is 4.74 Å². The van der Waals surface area contributed by atoms with Gasteiger partial charge in [-0.25, -0.2) is 9.78 Å². The van der Waals surface area contributed by atoms with E-state index in [-0.39, 0.29) is 18.9 Å². The molecule has 6 nitrogen and oxygen atoms in total. The van der Waals surface area contributed by atoms with Gasteiger partial charge in [0.05, 0.1) is 29.1 Å². The van der Waals surface area contributed by atoms with Gasteiger partial charge in [0.15, 0.2) is 0 Å². The standard InChI is InChI=1S/C26H23N3O3S/c1-17-8-10-20(11-9-17)28-24(30)14-25-29-21(16-33-25)15-32-26(31)22-12-13-23(27-18(22)2)19-6-4-3-5-7-19/h3-13,16H,14-15H2,1-2H3,(H,28,30). The van der Waals surface area contributed by atoms with Gasteiger partial charge in [-0.15, -0.1) is 11.3 Å². The van der Waals surface area contributed by atoms with Gasteiger partial charge in [0.25, 0.3) is 0 Å². The van der Waals surface area contributed by atoms with E-state index in [9.17, 15) is 9.59 Å². The van der Waals surface area contributed by atoms with Gasteiger partial charge in [0, 0.05) is 16.6 Å². The molecule has 0 saturated carbocycles. The molecule has 1 N–H and O–H groups in total. The quantitative estimate of drug-likeness (QED) is 0.378. The summed E-state index contributed by atoms with van der Waals surface area (Å²) in [5.74, 6) is -0.594. The van der Waals surface area contributed by atoms with E-state index in [1.807, 2.05) is 67.6 Å². The largest absolute Gasteiger partial charge is 0.455 e. The number of aryl methyl sites for hydroxylation is 2. The van der Waals surface area contributed by atoms with Crippen molar-refractivity contribution in [3.63, 3.8) is 0 Å². The zero-order valence-electron chi connectivity index (χ0n) is 18.4. The van der Waals surface area contributed by atoms with Crippen LogP contribution < -0.4 is 5.32 Å². The van der Waals surface area contributed by atoms with Gasteiger partial charge < -0.3 is 10.1 Å². The molecule has 2 aromatic heterocycles. The highest BCUT2D eigenvalue weighted by Crippen LogP contribution is 2.20. The van der Waals surface area contributed by atoms with E-state index in [0.717, 1.165) is 22.5 Å². The number of nitrogens with zero attached hydrogens (tertiary/aromatic N) is 2. The Bertz CT molecular complexity index is 1270. The monoisotopic (exact) mass is 457 g/mol. The Hall–Kier alpha value is -3.84. The maximum Gasteiger partial charge on any atom is 0.340 e. The number of hydrogen-bond donors (Lipinski definition) is 1. The van der Waals surface area contributed by atoms with E-state index in [1.54, 1.807) is 18.4 Å². The van der Waals surface area contributed by atoms with E-state index >= 15 is 0 Å². The van der Waals surface area contributed by atoms with Crippen molar-refractivity contribution in [2.75, 3.05) is 5.32 Å². The Morgan fingerprint density at radius 3 is 2.42 bits per heavy atom. The number of thiazole rings is 1. The molecular formula is C26H23N3O3S. The third-order valence-corrected chi connectivity index (χ3v) is 5.87. The van der Waals surface area contributed by atoms with Crippen LogP contribution in [-0.4, -0.2) is 21.8 Å². The average molecular weight is 458 g/mol. The van der Waals surface area contributed by atoms with Crippen molar-refractivity contribution in [3.05, 3.63) is 99.6 Å². The summed E-state index contributed by atoms with van der Waals surface area (Å²) in [4.78, 5) is 33.8. The summed E-state index contributed by atoms with van der Waals surface area (Å²) in [6, 6.07) is 20.9. The molecule has 0 aliphatic carbocycles. The van der Waals surface area contributed by atoms with Crippen LogP contribution in [-0.2, 0) is 22.6 Å². The predicted molar refractivity (Wildman–Crippen MR) is 129 cm³/mol. The van der Waals surface area contributed by atoms with E-state index in [1.165, 1.54) is 11.3 Å². The number of rotatable bonds is 7. The normalized spacial score (nSPS) is 10.6. The van der Waals surface area contributed by atoms with E-state index in [2.05, 4.69) is 15.3 Å². The van der Waals surface area contributed by atoms with Crippen LogP contribution in [0.2, 0.25) is 0 Å². The van der Waals surface area contributed by atoms with Gasteiger partial charge in [-0.2, -0.15) is 0 Å². The maximum atomic E-state index is 12.5. The first-order valence-electron chi connectivity index (χ1n) is 10.5. The van der Waals surface area contributed by atoms with Crippen molar-refractivity contribution < 1.29 is 14.3 Å². The molecule has 4 aromatic rings. The SMILES string of the molecule is Cc1ccc(NC(=O)Cc2nc(COC(=O)c3ccc(-c4ccccc4)nc3C)cs2)cc1. The third kappa shape index (κ3) is 5.90. The number of esters is 1. The lowest BCUT2D eigenvalue weighted by Gasteiger charge is -2.08. The topological polar surface area (TPSA) is 81.2 Å². The Labute approximate surface area is 196 Å². The average Bonchev–Trinajstić information content (AvgIpc) is 3.26. The summed E-state index contributed by atoms with van der Waals surface area (Å²) in [6.45, 7) is 3.82. The second kappa shape index (κ2) is 10.2. The van der Waals surface area contributed by atoms with Crippen LogP contribution in [0.25, 0.3) is 11.3 Å². The highest BCUT2D eigenvalue weighted by molar-refractivity contribution is 7.09. The molecule has 0 aliphatic rings. The summed E-state index contributed by atoms with van der Waals surface area (Å²) < 4.78 is 5.43. The lowest BCUT2D eigenvalue weighted by Crippen LogP contribution is -2.14. The van der Waals surface area contributed by atoms with Crippen molar-refractivity contribution >= 4 is 28.9 Å². The maximum absolute atomic E-state index is 12.5. The number of ether oxygens (including phenoxy) is 1. The van der Waals surface area contributed by atoms with Crippen LogP contribution in [0.1, 0.15) is 32.3 Å². The first-order chi connectivity index (χ1) is 16.0. The molecule has 166 valence electrons. The molecule has 2 aromatic carbocycles. The number of aromatic nitrogens is 2. The molecule has 2 heterocycles. The molecule has 4 rings (SSSR count). The fraction of sp³-hybridized carbons (Fsp3) is 0.154. The summed E-state index contributed by atoms with van der Waals surface area (Å²) >= 11 is 1.37. The van der Waals surface area contributed by atoms with Crippen LogP contribution in [0.15, 0.2) is 72.1 Å². The van der Waals surface area contributed by atoms with Gasteiger partial charge in [0.1, 0.15) is 11.6 Å². The minimum Gasteiger partial charge on any atom is -0.455 e. The van der Waals surface area contributed by atoms with Crippen LogP contribution in [0.3, 0.4) is 0 Å². The molecule has 0 unspecified atom stereocenters. The molecule has 0 fully saturated rings. The predicted octanol–water partition coefficient (Wildman–Crippen LogP) is 5.36. The molecule has 1 amide bonds. The molecule has 33 heavy (non-hydrogen) atoms. The number of nitrogens with one attached hydrogen (secondary N) is 1. The first-order valence-corrected chi connectivity index (χ1v) is 11.4. The smallest absolute Gasteiger partial charge is 0.340 e. The fourth-order valence-corrected chi connectivity index (χ4v) is 4.02. The van der Waals surface area contributed by atoms with Gasteiger partial charge in [-0.1, -0.05) is 48.0 Å². The Kier molecular flexibility index (Phi) is 6.90. The lowest BCUT2D eigenvalue weighted by molar-refractivity contribution is -0.115. The highest BCUT2D eigenvalue weighted by atomic mass is 32.1. The lowest BCUT2D eigenvalue weighted by atomic mass is 10.1.